The lowest BCUT2D eigenvalue weighted by atomic mass is 9.92. The molecule has 34 heavy (non-hydrogen) atoms. The molecule has 0 radical (unpaired) electrons. The fourth-order valence-corrected chi connectivity index (χ4v) is 4.41. The number of aryl methyl sites for hydroxylation is 1. The Hall–Kier alpha value is -3.55. The molecule has 174 valence electrons. The second kappa shape index (κ2) is 10.6. The predicted molar refractivity (Wildman–Crippen MR) is 130 cm³/mol. The molecule has 0 unspecified atom stereocenters. The largest absolute Gasteiger partial charge is 0.744 e. The number of allylic oxidation sites excluding steroid dienone is 2. The van der Waals surface area contributed by atoms with Crippen LogP contribution in [0.4, 0.5) is 0 Å². The third kappa shape index (κ3) is 5.87. The summed E-state index contributed by atoms with van der Waals surface area (Å²) >= 11 is 0. The summed E-state index contributed by atoms with van der Waals surface area (Å²) < 4.78 is 35.5. The van der Waals surface area contributed by atoms with E-state index in [1.54, 1.807) is 12.1 Å². The number of nitrogens with zero attached hydrogens (tertiary/aromatic N) is 3. The Balaban J connectivity index is 0.000000210. The molecule has 0 amide bonds. The average Bonchev–Trinajstić information content (AvgIpc) is 3.29. The zero-order valence-corrected chi connectivity index (χ0v) is 19.9. The first-order valence-electron chi connectivity index (χ1n) is 11.2. The van der Waals surface area contributed by atoms with E-state index in [-0.39, 0.29) is 4.90 Å². The Morgan fingerprint density at radius 1 is 0.971 bits per heavy atom. The fourth-order valence-electron chi connectivity index (χ4n) is 3.94. The van der Waals surface area contributed by atoms with Gasteiger partial charge in [0.1, 0.15) is 10.1 Å². The highest BCUT2D eigenvalue weighted by molar-refractivity contribution is 7.85. The molecule has 0 fully saturated rings. The van der Waals surface area contributed by atoms with E-state index < -0.39 is 10.1 Å². The number of hydrogen-bond donors (Lipinski definition) is 0. The van der Waals surface area contributed by atoms with Gasteiger partial charge in [0.05, 0.1) is 22.5 Å². The molecule has 5 rings (SSSR count). The normalized spacial score (nSPS) is 14.2. The van der Waals surface area contributed by atoms with E-state index in [4.69, 9.17) is 0 Å². The standard InChI is InChI=1S/C20H20N3.C7H8O3S/c1-3-9-18(10-4-1)23-20-11-7-8-17(19(20)16-21-23)12-15-22-13-5-2-6-14-22;1-6-2-4-7(5-3-6)11(8,9)10/h1-6,9-10,12-14,16H,7-8,11,15H2;2-5H,1H3,(H,8,9,10)/q+1;/p-1. The van der Waals surface area contributed by atoms with Crippen molar-refractivity contribution in [1.82, 2.24) is 9.78 Å². The molecule has 0 aliphatic heterocycles. The molecular formula is C27H27N3O3S. The minimum absolute atomic E-state index is 0.178. The van der Waals surface area contributed by atoms with E-state index in [1.165, 1.54) is 35.4 Å². The van der Waals surface area contributed by atoms with Crippen molar-refractivity contribution in [2.24, 2.45) is 0 Å². The van der Waals surface area contributed by atoms with E-state index in [0.29, 0.717) is 0 Å². The lowest BCUT2D eigenvalue weighted by Crippen LogP contribution is -2.31. The van der Waals surface area contributed by atoms with Gasteiger partial charge in [0, 0.05) is 17.7 Å². The molecule has 6 nitrogen and oxygen atoms in total. The second-order valence-electron chi connectivity index (χ2n) is 8.17. The summed E-state index contributed by atoms with van der Waals surface area (Å²) in [5.74, 6) is 0. The number of benzene rings is 2. The SMILES string of the molecule is C(C[n+]1ccccc1)=C1CCCc2c1cnn2-c1ccccc1.Cc1ccc(S(=O)(=O)[O-])cc1. The molecule has 1 aliphatic rings. The van der Waals surface area contributed by atoms with Gasteiger partial charge in [0.2, 0.25) is 0 Å². The van der Waals surface area contributed by atoms with E-state index in [1.807, 2.05) is 25.3 Å². The monoisotopic (exact) mass is 473 g/mol. The third-order valence-electron chi connectivity index (χ3n) is 5.71. The number of pyridine rings is 1. The fraction of sp³-hybridized carbons (Fsp3) is 0.185. The lowest BCUT2D eigenvalue weighted by Gasteiger charge is -2.16. The molecular weight excluding hydrogens is 446 g/mol. The summed E-state index contributed by atoms with van der Waals surface area (Å²) in [4.78, 5) is -0.178. The molecule has 4 aromatic rings. The second-order valence-corrected chi connectivity index (χ2v) is 9.55. The topological polar surface area (TPSA) is 78.9 Å². The van der Waals surface area contributed by atoms with Crippen LogP contribution in [0.5, 0.6) is 0 Å². The highest BCUT2D eigenvalue weighted by Crippen LogP contribution is 2.31. The molecule has 7 heteroatoms. The zero-order chi connectivity index (χ0) is 24.0. The molecule has 0 bridgehead atoms. The molecule has 0 saturated heterocycles. The van der Waals surface area contributed by atoms with Crippen LogP contribution >= 0.6 is 0 Å². The van der Waals surface area contributed by atoms with Gasteiger partial charge in [-0.15, -0.1) is 0 Å². The van der Waals surface area contributed by atoms with Crippen LogP contribution in [0, 0.1) is 6.92 Å². The maximum absolute atomic E-state index is 10.4. The van der Waals surface area contributed by atoms with Crippen LogP contribution in [-0.2, 0) is 23.1 Å². The number of aromatic nitrogens is 3. The lowest BCUT2D eigenvalue weighted by molar-refractivity contribution is -0.686. The van der Waals surface area contributed by atoms with Crippen LogP contribution in [0.1, 0.15) is 29.7 Å². The van der Waals surface area contributed by atoms with Crippen molar-refractivity contribution in [3.05, 3.63) is 114 Å². The van der Waals surface area contributed by atoms with Gasteiger partial charge in [-0.05, 0) is 62.1 Å². The van der Waals surface area contributed by atoms with Crippen molar-refractivity contribution in [3.63, 3.8) is 0 Å². The molecule has 2 aromatic carbocycles. The van der Waals surface area contributed by atoms with Gasteiger partial charge in [-0.2, -0.15) is 5.10 Å². The van der Waals surface area contributed by atoms with E-state index >= 15 is 0 Å². The van der Waals surface area contributed by atoms with Gasteiger partial charge < -0.3 is 4.55 Å². The number of hydrogen-bond acceptors (Lipinski definition) is 4. The summed E-state index contributed by atoms with van der Waals surface area (Å²) in [6.45, 7) is 2.73. The quantitative estimate of drug-likeness (QED) is 0.323. The van der Waals surface area contributed by atoms with Crippen LogP contribution in [0.3, 0.4) is 0 Å². The third-order valence-corrected chi connectivity index (χ3v) is 6.56. The Labute approximate surface area is 200 Å². The van der Waals surface area contributed by atoms with Gasteiger partial charge >= 0.3 is 0 Å². The minimum atomic E-state index is -4.27. The number of rotatable bonds is 4. The first kappa shape index (κ1) is 23.6. The average molecular weight is 474 g/mol. The zero-order valence-electron chi connectivity index (χ0n) is 19.0. The maximum atomic E-state index is 10.4. The van der Waals surface area contributed by atoms with E-state index in [2.05, 4.69) is 69.2 Å². The summed E-state index contributed by atoms with van der Waals surface area (Å²) in [6.07, 6.45) is 12.0. The van der Waals surface area contributed by atoms with Gasteiger partial charge in [-0.1, -0.05) is 42.0 Å². The van der Waals surface area contributed by atoms with Gasteiger partial charge in [0.15, 0.2) is 18.9 Å². The highest BCUT2D eigenvalue weighted by Gasteiger charge is 2.20. The Kier molecular flexibility index (Phi) is 7.35. The van der Waals surface area contributed by atoms with Crippen LogP contribution in [0.25, 0.3) is 11.3 Å². The molecule has 0 N–H and O–H groups in total. The van der Waals surface area contributed by atoms with Crippen LogP contribution in [0.2, 0.25) is 0 Å². The Morgan fingerprint density at radius 3 is 2.32 bits per heavy atom. The van der Waals surface area contributed by atoms with Crippen LogP contribution < -0.4 is 4.57 Å². The Bertz CT molecular complexity index is 1360. The van der Waals surface area contributed by atoms with Crippen molar-refractivity contribution >= 4 is 15.7 Å². The molecule has 1 aliphatic carbocycles. The van der Waals surface area contributed by atoms with Gasteiger partial charge in [-0.25, -0.2) is 17.7 Å². The molecule has 0 atom stereocenters. The summed E-state index contributed by atoms with van der Waals surface area (Å²) in [7, 11) is -4.27. The van der Waals surface area contributed by atoms with Crippen molar-refractivity contribution in [2.75, 3.05) is 0 Å². The van der Waals surface area contributed by atoms with Crippen molar-refractivity contribution in [3.8, 4) is 5.69 Å². The van der Waals surface area contributed by atoms with Crippen molar-refractivity contribution < 1.29 is 17.5 Å². The smallest absolute Gasteiger partial charge is 0.169 e. The highest BCUT2D eigenvalue weighted by atomic mass is 32.2. The summed E-state index contributed by atoms with van der Waals surface area (Å²) in [6, 6.07) is 22.4. The van der Waals surface area contributed by atoms with Crippen molar-refractivity contribution in [1.29, 1.82) is 0 Å². The van der Waals surface area contributed by atoms with Gasteiger partial charge in [0.25, 0.3) is 0 Å². The van der Waals surface area contributed by atoms with Crippen LogP contribution in [-0.4, -0.2) is 22.8 Å². The minimum Gasteiger partial charge on any atom is -0.744 e. The first-order valence-corrected chi connectivity index (χ1v) is 12.6. The molecule has 0 spiro atoms. The van der Waals surface area contributed by atoms with Crippen LogP contribution in [0.15, 0.2) is 102 Å². The number of fused-ring (bicyclic) bond motifs is 1. The van der Waals surface area contributed by atoms with Gasteiger partial charge in [-0.3, -0.25) is 0 Å². The molecule has 2 aromatic heterocycles. The first-order chi connectivity index (χ1) is 16.4. The number of para-hydroxylation sites is 1. The molecule has 0 saturated carbocycles. The summed E-state index contributed by atoms with van der Waals surface area (Å²) in [5, 5.41) is 4.64. The predicted octanol–water partition coefficient (Wildman–Crippen LogP) is 4.48. The maximum Gasteiger partial charge on any atom is 0.169 e. The summed E-state index contributed by atoms with van der Waals surface area (Å²) in [5.41, 5.74) is 6.15. The van der Waals surface area contributed by atoms with E-state index in [9.17, 15) is 13.0 Å². The Morgan fingerprint density at radius 2 is 1.65 bits per heavy atom. The van der Waals surface area contributed by atoms with E-state index in [0.717, 1.165) is 30.6 Å². The van der Waals surface area contributed by atoms with Crippen molar-refractivity contribution in [2.45, 2.75) is 37.6 Å². The molecule has 2 heterocycles.